The van der Waals surface area contributed by atoms with E-state index in [9.17, 15) is 23.1 Å². The molecule has 1 atom stereocenters. The van der Waals surface area contributed by atoms with Gasteiger partial charge in [0.1, 0.15) is 12.0 Å². The number of benzene rings is 1. The Morgan fingerprint density at radius 2 is 1.97 bits per heavy atom. The van der Waals surface area contributed by atoms with Gasteiger partial charge in [0, 0.05) is 29.7 Å². The molecule has 180 valence electrons. The second kappa shape index (κ2) is 10.9. The van der Waals surface area contributed by atoms with Crippen molar-refractivity contribution in [2.24, 2.45) is 5.92 Å². The van der Waals surface area contributed by atoms with Gasteiger partial charge in [-0.05, 0) is 30.9 Å². The number of rotatable bonds is 10. The average molecular weight is 479 g/mol. The first kappa shape index (κ1) is 24.9. The Kier molecular flexibility index (Phi) is 8.25. The van der Waals surface area contributed by atoms with Crippen LogP contribution in [0.5, 0.6) is 5.75 Å². The number of ether oxygens (including phenoxy) is 1. The maximum Gasteiger partial charge on any atom is 0.295 e. The lowest BCUT2D eigenvalue weighted by atomic mass is 9.89. The van der Waals surface area contributed by atoms with Crippen LogP contribution in [0.15, 0.2) is 24.4 Å². The lowest BCUT2D eigenvalue weighted by Gasteiger charge is -2.29. The van der Waals surface area contributed by atoms with Crippen LogP contribution in [0.1, 0.15) is 42.5 Å². The number of carbonyl (C=O) groups is 3. The van der Waals surface area contributed by atoms with E-state index in [1.807, 2.05) is 0 Å². The van der Waals surface area contributed by atoms with E-state index in [1.54, 1.807) is 25.3 Å². The fourth-order valence-corrected chi connectivity index (χ4v) is 4.67. The molecular formula is C23H32N3O6S+. The standard InChI is InChI=1S/C23H31N3O6S/c1-32-17-8-9-18-19(13-25-20(18)12-17)22(28)23(29)26(14-16-6-4-3-5-7-16)15-21(27)24-10-11-33(2,30)31/h8-9,12-13,16H,3-7,10-11,14-15H2,1-2H3,(H2-,24,25,27,28,30,31)/p+1. The van der Waals surface area contributed by atoms with Crippen LogP contribution in [-0.4, -0.2) is 70.8 Å². The van der Waals surface area contributed by atoms with Gasteiger partial charge in [0.05, 0.1) is 25.8 Å². The summed E-state index contributed by atoms with van der Waals surface area (Å²) in [4.78, 5) is 43.1. The Balaban J connectivity index is 1.75. The quantitative estimate of drug-likeness (QED) is 0.273. The van der Waals surface area contributed by atoms with Gasteiger partial charge < -0.3 is 19.9 Å². The number of nitrogens with one attached hydrogen (secondary N) is 2. The molecule has 2 aromatic rings. The largest absolute Gasteiger partial charge is 0.497 e. The minimum Gasteiger partial charge on any atom is -0.497 e. The summed E-state index contributed by atoms with van der Waals surface area (Å²) in [5.41, 5.74) is 0.923. The third-order valence-electron chi connectivity index (χ3n) is 5.96. The Labute approximate surface area is 194 Å². The Hall–Kier alpha value is -2.72. The van der Waals surface area contributed by atoms with E-state index >= 15 is 0 Å². The summed E-state index contributed by atoms with van der Waals surface area (Å²) in [6.07, 6.45) is 7.90. The molecule has 9 nitrogen and oxygen atoms in total. The maximum absolute atomic E-state index is 13.2. The van der Waals surface area contributed by atoms with Gasteiger partial charge in [-0.1, -0.05) is 23.5 Å². The van der Waals surface area contributed by atoms with Crippen LogP contribution < -0.4 is 10.1 Å². The number of Topliss-reactive ketones (excluding diaryl/α,β-unsaturated/α-hetero) is 1. The molecular weight excluding hydrogens is 446 g/mol. The number of aromatic nitrogens is 1. The zero-order valence-electron chi connectivity index (χ0n) is 19.1. The summed E-state index contributed by atoms with van der Waals surface area (Å²) < 4.78 is 26.0. The summed E-state index contributed by atoms with van der Waals surface area (Å²) in [7, 11) is -1.42. The molecule has 1 heterocycles. The van der Waals surface area contributed by atoms with Crippen LogP contribution in [-0.2, 0) is 24.0 Å². The average Bonchev–Trinajstić information content (AvgIpc) is 3.20. The summed E-state index contributed by atoms with van der Waals surface area (Å²) in [6.45, 7) is 0.0840. The second-order valence-electron chi connectivity index (χ2n) is 8.65. The van der Waals surface area contributed by atoms with Crippen molar-refractivity contribution in [2.45, 2.75) is 32.1 Å². The summed E-state index contributed by atoms with van der Waals surface area (Å²) >= 11 is 0. The third-order valence-corrected chi connectivity index (χ3v) is 6.92. The van der Waals surface area contributed by atoms with Gasteiger partial charge in [-0.25, -0.2) is 0 Å². The highest BCUT2D eigenvalue weighted by Gasteiger charge is 2.29. The van der Waals surface area contributed by atoms with E-state index in [0.29, 0.717) is 23.2 Å². The predicted octanol–water partition coefficient (Wildman–Crippen LogP) is 2.49. The molecule has 1 unspecified atom stereocenters. The monoisotopic (exact) mass is 478 g/mol. The number of nitrogens with zero attached hydrogens (tertiary/aromatic N) is 1. The number of amides is 2. The van der Waals surface area contributed by atoms with Crippen molar-refractivity contribution in [2.75, 3.05) is 38.8 Å². The van der Waals surface area contributed by atoms with Crippen molar-refractivity contribution in [3.8, 4) is 5.75 Å². The molecule has 0 spiro atoms. The molecule has 3 rings (SSSR count). The second-order valence-corrected chi connectivity index (χ2v) is 11.0. The summed E-state index contributed by atoms with van der Waals surface area (Å²) in [5, 5.41) is 3.18. The highest BCUT2D eigenvalue weighted by Crippen LogP contribution is 2.26. The Morgan fingerprint density at radius 3 is 2.64 bits per heavy atom. The molecule has 0 bridgehead atoms. The van der Waals surface area contributed by atoms with Crippen molar-refractivity contribution in [3.63, 3.8) is 0 Å². The van der Waals surface area contributed by atoms with E-state index < -0.39 is 27.8 Å². The number of aromatic amines is 1. The summed E-state index contributed by atoms with van der Waals surface area (Å²) in [5.74, 6) is -1.07. The molecule has 1 aliphatic carbocycles. The molecule has 1 aromatic heterocycles. The van der Waals surface area contributed by atoms with Gasteiger partial charge in [0.25, 0.3) is 11.7 Å². The first-order valence-corrected chi connectivity index (χ1v) is 13.2. The first-order valence-electron chi connectivity index (χ1n) is 11.1. The molecule has 1 aromatic carbocycles. The third kappa shape index (κ3) is 6.88. The molecule has 0 radical (unpaired) electrons. The minimum atomic E-state index is -2.97. The molecule has 0 saturated heterocycles. The molecule has 3 N–H and O–H groups in total. The molecule has 0 aliphatic heterocycles. The van der Waals surface area contributed by atoms with Crippen LogP contribution in [0.2, 0.25) is 0 Å². The molecule has 1 saturated carbocycles. The van der Waals surface area contributed by atoms with Crippen LogP contribution in [0.3, 0.4) is 0 Å². The molecule has 33 heavy (non-hydrogen) atoms. The predicted molar refractivity (Wildman–Crippen MR) is 127 cm³/mol. The number of hydrogen-bond acceptors (Lipinski definition) is 5. The molecule has 2 amide bonds. The van der Waals surface area contributed by atoms with E-state index in [4.69, 9.17) is 4.74 Å². The highest BCUT2D eigenvalue weighted by molar-refractivity contribution is 7.97. The van der Waals surface area contributed by atoms with Crippen LogP contribution in [0, 0.1) is 5.92 Å². The zero-order valence-corrected chi connectivity index (χ0v) is 19.9. The topological polar surface area (TPSA) is 129 Å². The Bertz CT molecular complexity index is 1050. The smallest absolute Gasteiger partial charge is 0.295 e. The minimum absolute atomic E-state index is 0.0222. The zero-order chi connectivity index (χ0) is 24.0. The van der Waals surface area contributed by atoms with Gasteiger partial charge >= 0.3 is 0 Å². The maximum atomic E-state index is 13.2. The normalized spacial score (nSPS) is 16.2. The van der Waals surface area contributed by atoms with Crippen LogP contribution in [0.4, 0.5) is 0 Å². The molecule has 10 heteroatoms. The van der Waals surface area contributed by atoms with Gasteiger partial charge in [-0.15, -0.1) is 0 Å². The fourth-order valence-electron chi connectivity index (χ4n) is 4.19. The lowest BCUT2D eigenvalue weighted by Crippen LogP contribution is -2.46. The number of ketones is 1. The lowest BCUT2D eigenvalue weighted by molar-refractivity contribution is -0.133. The number of carbonyl (C=O) groups excluding carboxylic acids is 3. The highest BCUT2D eigenvalue weighted by atomic mass is 32.3. The molecule has 1 fully saturated rings. The van der Waals surface area contributed by atoms with Gasteiger partial charge in [0.15, 0.2) is 5.75 Å². The number of hydrogen-bond donors (Lipinski definition) is 3. The van der Waals surface area contributed by atoms with Crippen LogP contribution >= 0.6 is 0 Å². The Morgan fingerprint density at radius 1 is 1.24 bits per heavy atom. The van der Waals surface area contributed by atoms with Crippen molar-refractivity contribution in [1.29, 1.82) is 0 Å². The van der Waals surface area contributed by atoms with Gasteiger partial charge in [-0.3, -0.25) is 14.4 Å². The van der Waals surface area contributed by atoms with E-state index in [1.165, 1.54) is 17.4 Å². The van der Waals surface area contributed by atoms with Gasteiger partial charge in [-0.2, -0.15) is 4.55 Å². The SMILES string of the molecule is COc1ccc2c(C(=O)C(=O)N(CC(=O)NCC[S+](C)(=O)O)CC3CCCCC3)c[nH]c2c1. The van der Waals surface area contributed by atoms with E-state index in [-0.39, 0.29) is 30.3 Å². The van der Waals surface area contributed by atoms with Crippen molar-refractivity contribution in [1.82, 2.24) is 15.2 Å². The van der Waals surface area contributed by atoms with E-state index in [2.05, 4.69) is 10.3 Å². The molecule has 1 aliphatic rings. The fraction of sp³-hybridized carbons (Fsp3) is 0.522. The number of H-pyrrole nitrogens is 1. The van der Waals surface area contributed by atoms with Crippen molar-refractivity contribution < 1.29 is 27.9 Å². The van der Waals surface area contributed by atoms with Crippen molar-refractivity contribution in [3.05, 3.63) is 30.0 Å². The summed E-state index contributed by atoms with van der Waals surface area (Å²) in [6, 6.07) is 5.19. The number of fused-ring (bicyclic) bond motifs is 1. The van der Waals surface area contributed by atoms with Crippen LogP contribution in [0.25, 0.3) is 10.9 Å². The van der Waals surface area contributed by atoms with E-state index in [0.717, 1.165) is 32.1 Å². The first-order chi connectivity index (χ1) is 15.7. The van der Waals surface area contributed by atoms with Crippen molar-refractivity contribution >= 4 is 38.7 Å². The van der Waals surface area contributed by atoms with Gasteiger partial charge in [0.2, 0.25) is 16.1 Å². The number of methoxy groups -OCH3 is 1.